The maximum atomic E-state index is 4.46. The van der Waals surface area contributed by atoms with E-state index in [0.717, 1.165) is 41.2 Å². The van der Waals surface area contributed by atoms with Crippen LogP contribution < -0.4 is 0 Å². The van der Waals surface area contributed by atoms with Crippen molar-refractivity contribution in [2.75, 3.05) is 0 Å². The lowest BCUT2D eigenvalue weighted by molar-refractivity contribution is 0.590. The summed E-state index contributed by atoms with van der Waals surface area (Å²) in [5.74, 6) is 2.79. The molecular weight excluding hydrogens is 342 g/mol. The molecule has 2 heterocycles. The maximum Gasteiger partial charge on any atom is 0.191 e. The highest BCUT2D eigenvalue weighted by Crippen LogP contribution is 2.28. The molecule has 6 heteroatoms. The summed E-state index contributed by atoms with van der Waals surface area (Å²) in [5.41, 5.74) is 2.58. The highest BCUT2D eigenvalue weighted by atomic mass is 32.2. The van der Waals surface area contributed by atoms with Crippen molar-refractivity contribution in [2.45, 2.75) is 64.0 Å². The van der Waals surface area contributed by atoms with E-state index < -0.39 is 0 Å². The third kappa shape index (κ3) is 3.85. The third-order valence-corrected chi connectivity index (χ3v) is 5.48. The lowest BCUT2D eigenvalue weighted by Crippen LogP contribution is -2.10. The van der Waals surface area contributed by atoms with Gasteiger partial charge in [-0.15, -0.1) is 10.2 Å². The summed E-state index contributed by atoms with van der Waals surface area (Å²) in [4.78, 5) is 4.44. The van der Waals surface area contributed by atoms with E-state index in [-0.39, 0.29) is 5.41 Å². The minimum atomic E-state index is 0.152. The molecule has 3 rings (SSSR count). The first-order valence-corrected chi connectivity index (χ1v) is 10.1. The summed E-state index contributed by atoms with van der Waals surface area (Å²) in [6.45, 7) is 12.7. The largest absolute Gasteiger partial charge is 0.335 e. The quantitative estimate of drug-likeness (QED) is 0.587. The van der Waals surface area contributed by atoms with Crippen molar-refractivity contribution >= 4 is 11.8 Å². The number of aryl methyl sites for hydroxylation is 1. The van der Waals surface area contributed by atoms with E-state index in [9.17, 15) is 0 Å². The van der Waals surface area contributed by atoms with Crippen LogP contribution in [0.4, 0.5) is 0 Å². The van der Waals surface area contributed by atoms with Gasteiger partial charge in [0.25, 0.3) is 0 Å². The Morgan fingerprint density at radius 3 is 2.35 bits per heavy atom. The number of imidazole rings is 1. The topological polar surface area (TPSA) is 48.5 Å². The zero-order valence-corrected chi connectivity index (χ0v) is 17.0. The first-order valence-electron chi connectivity index (χ1n) is 9.11. The summed E-state index contributed by atoms with van der Waals surface area (Å²) < 4.78 is 4.34. The van der Waals surface area contributed by atoms with Crippen molar-refractivity contribution in [3.8, 4) is 11.4 Å². The first-order chi connectivity index (χ1) is 12.4. The van der Waals surface area contributed by atoms with Crippen molar-refractivity contribution in [1.29, 1.82) is 0 Å². The minimum Gasteiger partial charge on any atom is -0.335 e. The van der Waals surface area contributed by atoms with Crippen molar-refractivity contribution in [1.82, 2.24) is 24.3 Å². The van der Waals surface area contributed by atoms with Crippen molar-refractivity contribution in [3.63, 3.8) is 0 Å². The van der Waals surface area contributed by atoms with E-state index >= 15 is 0 Å². The molecule has 26 heavy (non-hydrogen) atoms. The van der Waals surface area contributed by atoms with Crippen LogP contribution in [0.15, 0.2) is 41.8 Å². The van der Waals surface area contributed by atoms with E-state index in [0.29, 0.717) is 0 Å². The molecule has 0 aliphatic heterocycles. The molecular formula is C20H27N5S. The standard InChI is InChI=1S/C20H27N5S/c1-6-24-13-12-21-17(24)14-26-19-23-22-18(25(19)7-2)15-8-10-16(11-9-15)20(3,4)5/h8-13H,6-7,14H2,1-5H3. The molecule has 0 N–H and O–H groups in total. The summed E-state index contributed by atoms with van der Waals surface area (Å²) in [7, 11) is 0. The van der Waals surface area contributed by atoms with Gasteiger partial charge in [0.2, 0.25) is 0 Å². The van der Waals surface area contributed by atoms with Crippen molar-refractivity contribution < 1.29 is 0 Å². The second-order valence-corrected chi connectivity index (χ2v) is 8.24. The fourth-order valence-electron chi connectivity index (χ4n) is 2.91. The summed E-state index contributed by atoms with van der Waals surface area (Å²) in [6, 6.07) is 8.67. The van der Waals surface area contributed by atoms with E-state index in [1.54, 1.807) is 11.8 Å². The molecule has 0 fully saturated rings. The Hall–Kier alpha value is -2.08. The second-order valence-electron chi connectivity index (χ2n) is 7.30. The van der Waals surface area contributed by atoms with E-state index in [1.807, 2.05) is 12.4 Å². The Morgan fingerprint density at radius 2 is 1.73 bits per heavy atom. The van der Waals surface area contributed by atoms with Crippen LogP contribution in [0, 0.1) is 0 Å². The van der Waals surface area contributed by atoms with Gasteiger partial charge in [-0.05, 0) is 24.8 Å². The molecule has 0 spiro atoms. The van der Waals surface area contributed by atoms with E-state index in [2.05, 4.69) is 83.2 Å². The molecule has 0 unspecified atom stereocenters. The summed E-state index contributed by atoms with van der Waals surface area (Å²) in [6.07, 6.45) is 3.87. The Bertz CT molecular complexity index is 855. The Kier molecular flexibility index (Phi) is 5.51. The van der Waals surface area contributed by atoms with Crippen LogP contribution in [0.3, 0.4) is 0 Å². The predicted molar refractivity (Wildman–Crippen MR) is 107 cm³/mol. The van der Waals surface area contributed by atoms with Crippen LogP contribution in [-0.2, 0) is 24.3 Å². The molecule has 3 aromatic rings. The zero-order valence-electron chi connectivity index (χ0n) is 16.2. The fraction of sp³-hybridized carbons (Fsp3) is 0.450. The molecule has 5 nitrogen and oxygen atoms in total. The molecule has 0 aliphatic rings. The number of benzene rings is 1. The van der Waals surface area contributed by atoms with Gasteiger partial charge in [0.15, 0.2) is 11.0 Å². The molecule has 0 saturated carbocycles. The number of aromatic nitrogens is 5. The van der Waals surface area contributed by atoms with E-state index in [4.69, 9.17) is 0 Å². The highest BCUT2D eigenvalue weighted by molar-refractivity contribution is 7.98. The Labute approximate surface area is 159 Å². The molecule has 0 radical (unpaired) electrons. The first kappa shape index (κ1) is 18.7. The van der Waals surface area contributed by atoms with Gasteiger partial charge in [0.1, 0.15) is 5.82 Å². The monoisotopic (exact) mass is 369 g/mol. The number of rotatable bonds is 6. The van der Waals surface area contributed by atoms with Gasteiger partial charge in [-0.1, -0.05) is 56.8 Å². The average molecular weight is 370 g/mol. The van der Waals surface area contributed by atoms with Crippen LogP contribution in [0.5, 0.6) is 0 Å². The highest BCUT2D eigenvalue weighted by Gasteiger charge is 2.17. The van der Waals surface area contributed by atoms with Crippen LogP contribution in [-0.4, -0.2) is 24.3 Å². The summed E-state index contributed by atoms with van der Waals surface area (Å²) >= 11 is 1.69. The van der Waals surface area contributed by atoms with Crippen molar-refractivity contribution in [3.05, 3.63) is 48.0 Å². The maximum absolute atomic E-state index is 4.46. The predicted octanol–water partition coefficient (Wildman–Crippen LogP) is 4.77. The van der Waals surface area contributed by atoms with E-state index in [1.165, 1.54) is 5.56 Å². The molecule has 0 saturated heterocycles. The molecule has 0 aliphatic carbocycles. The van der Waals surface area contributed by atoms with Crippen LogP contribution in [0.1, 0.15) is 46.0 Å². The van der Waals surface area contributed by atoms with Gasteiger partial charge in [-0.3, -0.25) is 0 Å². The number of thioether (sulfide) groups is 1. The molecule has 2 aromatic heterocycles. The van der Waals surface area contributed by atoms with Crippen LogP contribution in [0.2, 0.25) is 0 Å². The minimum absolute atomic E-state index is 0.152. The molecule has 138 valence electrons. The van der Waals surface area contributed by atoms with Crippen molar-refractivity contribution in [2.24, 2.45) is 0 Å². The van der Waals surface area contributed by atoms with Gasteiger partial charge < -0.3 is 9.13 Å². The van der Waals surface area contributed by atoms with Gasteiger partial charge >= 0.3 is 0 Å². The van der Waals surface area contributed by atoms with Gasteiger partial charge in [0.05, 0.1) is 5.75 Å². The van der Waals surface area contributed by atoms with Gasteiger partial charge in [0, 0.05) is 31.0 Å². The van der Waals surface area contributed by atoms with Gasteiger partial charge in [-0.2, -0.15) is 0 Å². The smallest absolute Gasteiger partial charge is 0.191 e. The SMILES string of the molecule is CCn1ccnc1CSc1nnc(-c2ccc(C(C)(C)C)cc2)n1CC. The number of hydrogen-bond donors (Lipinski definition) is 0. The fourth-order valence-corrected chi connectivity index (χ4v) is 3.88. The molecule has 1 aromatic carbocycles. The lowest BCUT2D eigenvalue weighted by Gasteiger charge is -2.19. The zero-order chi connectivity index (χ0) is 18.7. The average Bonchev–Trinajstić information content (AvgIpc) is 3.25. The van der Waals surface area contributed by atoms with Crippen LogP contribution in [0.25, 0.3) is 11.4 Å². The normalized spacial score (nSPS) is 11.9. The van der Waals surface area contributed by atoms with Gasteiger partial charge in [-0.25, -0.2) is 4.98 Å². The summed E-state index contributed by atoms with van der Waals surface area (Å²) in [5, 5.41) is 9.82. The Balaban J connectivity index is 1.82. The molecule has 0 amide bonds. The molecule has 0 atom stereocenters. The number of nitrogens with zero attached hydrogens (tertiary/aromatic N) is 5. The Morgan fingerprint density at radius 1 is 1.00 bits per heavy atom. The third-order valence-electron chi connectivity index (χ3n) is 4.51. The number of hydrogen-bond acceptors (Lipinski definition) is 4. The lowest BCUT2D eigenvalue weighted by atomic mass is 9.87. The molecule has 0 bridgehead atoms. The van der Waals surface area contributed by atoms with Crippen LogP contribution >= 0.6 is 11.8 Å². The second kappa shape index (κ2) is 7.66.